The lowest BCUT2D eigenvalue weighted by atomic mass is 9.94. The van der Waals surface area contributed by atoms with Gasteiger partial charge in [0, 0.05) is 6.42 Å². The molecule has 0 saturated carbocycles. The molecule has 0 aliphatic heterocycles. The summed E-state index contributed by atoms with van der Waals surface area (Å²) in [7, 11) is 1.73. The van der Waals surface area contributed by atoms with Gasteiger partial charge in [-0.1, -0.05) is 25.5 Å². The number of carbonyl (C=O) groups excluding carboxylic acids is 1. The minimum absolute atomic E-state index is 0.100. The predicted molar refractivity (Wildman–Crippen MR) is 81.8 cm³/mol. The number of hydrogen-bond acceptors (Lipinski definition) is 3. The minimum atomic E-state index is -0.748. The molecule has 0 saturated heterocycles. The number of amides is 1. The molecule has 0 aliphatic rings. The van der Waals surface area contributed by atoms with Gasteiger partial charge in [0.1, 0.15) is 5.75 Å². The van der Waals surface area contributed by atoms with Crippen LogP contribution in [0.15, 0.2) is 24.3 Å². The smallest absolute Gasteiger partial charge is 0.237 e. The Bertz CT molecular complexity index is 431. The number of carbonyl (C=O) groups is 1. The Morgan fingerprint density at radius 2 is 2.00 bits per heavy atom. The van der Waals surface area contributed by atoms with Crippen LogP contribution in [0.25, 0.3) is 0 Å². The van der Waals surface area contributed by atoms with E-state index < -0.39 is 5.54 Å². The quantitative estimate of drug-likeness (QED) is 0.766. The van der Waals surface area contributed by atoms with Gasteiger partial charge in [-0.25, -0.2) is 0 Å². The van der Waals surface area contributed by atoms with Crippen LogP contribution in [0, 0.1) is 0 Å². The third-order valence-corrected chi connectivity index (χ3v) is 3.59. The van der Waals surface area contributed by atoms with Crippen molar-refractivity contribution < 1.29 is 9.53 Å². The summed E-state index contributed by atoms with van der Waals surface area (Å²) in [6.45, 7) is 5.90. The summed E-state index contributed by atoms with van der Waals surface area (Å²) in [5.41, 5.74) is 5.98. The van der Waals surface area contributed by atoms with Crippen molar-refractivity contribution in [3.8, 4) is 5.75 Å². The monoisotopic (exact) mass is 278 g/mol. The zero-order valence-corrected chi connectivity index (χ0v) is 12.9. The van der Waals surface area contributed by atoms with Crippen LogP contribution >= 0.6 is 0 Å². The molecule has 20 heavy (non-hydrogen) atoms. The molecule has 0 radical (unpaired) electrons. The van der Waals surface area contributed by atoms with Gasteiger partial charge in [-0.2, -0.15) is 0 Å². The van der Waals surface area contributed by atoms with Gasteiger partial charge in [-0.3, -0.25) is 4.79 Å². The maximum Gasteiger partial charge on any atom is 0.237 e. The number of benzene rings is 1. The maximum absolute atomic E-state index is 11.5. The Hall–Kier alpha value is -1.55. The Morgan fingerprint density at radius 1 is 1.40 bits per heavy atom. The van der Waals surface area contributed by atoms with E-state index in [9.17, 15) is 4.79 Å². The third-order valence-electron chi connectivity index (χ3n) is 3.59. The lowest BCUT2D eigenvalue weighted by molar-refractivity contribution is -0.124. The molecule has 2 unspecified atom stereocenters. The fourth-order valence-electron chi connectivity index (χ4n) is 2.20. The van der Waals surface area contributed by atoms with Crippen LogP contribution in [0.2, 0.25) is 0 Å². The van der Waals surface area contributed by atoms with E-state index in [4.69, 9.17) is 10.5 Å². The van der Waals surface area contributed by atoms with Crippen LogP contribution in [-0.4, -0.2) is 24.6 Å². The first-order valence-electron chi connectivity index (χ1n) is 7.15. The second-order valence-corrected chi connectivity index (χ2v) is 5.47. The fraction of sp³-hybridized carbons (Fsp3) is 0.562. The van der Waals surface area contributed by atoms with Crippen LogP contribution < -0.4 is 15.8 Å². The average Bonchev–Trinajstić information content (AvgIpc) is 2.40. The SMILES string of the molecule is CCCc1ccc(OC(C)CC(C)(NC)C(N)=O)cc1. The highest BCUT2D eigenvalue weighted by atomic mass is 16.5. The van der Waals surface area contributed by atoms with Crippen molar-refractivity contribution in [3.05, 3.63) is 29.8 Å². The first-order chi connectivity index (χ1) is 9.41. The van der Waals surface area contributed by atoms with E-state index in [-0.39, 0.29) is 12.0 Å². The number of primary amides is 1. The van der Waals surface area contributed by atoms with Gasteiger partial charge >= 0.3 is 0 Å². The molecular weight excluding hydrogens is 252 g/mol. The van der Waals surface area contributed by atoms with Gasteiger partial charge in [-0.05, 0) is 45.0 Å². The van der Waals surface area contributed by atoms with Crippen molar-refractivity contribution in [1.29, 1.82) is 0 Å². The molecule has 1 amide bonds. The molecule has 1 aromatic carbocycles. The van der Waals surface area contributed by atoms with E-state index in [0.29, 0.717) is 6.42 Å². The van der Waals surface area contributed by atoms with E-state index >= 15 is 0 Å². The summed E-state index contributed by atoms with van der Waals surface area (Å²) in [6.07, 6.45) is 2.64. The first kappa shape index (κ1) is 16.5. The molecule has 0 aromatic heterocycles. The Morgan fingerprint density at radius 3 is 2.45 bits per heavy atom. The molecule has 1 aromatic rings. The Balaban J connectivity index is 2.61. The van der Waals surface area contributed by atoms with Crippen LogP contribution in [-0.2, 0) is 11.2 Å². The number of aryl methyl sites for hydroxylation is 1. The van der Waals surface area contributed by atoms with Crippen LogP contribution in [0.1, 0.15) is 39.2 Å². The Labute approximate surface area is 121 Å². The zero-order chi connectivity index (χ0) is 15.2. The molecule has 2 atom stereocenters. The zero-order valence-electron chi connectivity index (χ0n) is 12.9. The second-order valence-electron chi connectivity index (χ2n) is 5.47. The molecule has 112 valence electrons. The highest BCUT2D eigenvalue weighted by Crippen LogP contribution is 2.19. The molecule has 3 N–H and O–H groups in total. The van der Waals surface area contributed by atoms with Crippen molar-refractivity contribution >= 4 is 5.91 Å². The largest absolute Gasteiger partial charge is 0.491 e. The molecule has 0 heterocycles. The number of nitrogens with one attached hydrogen (secondary N) is 1. The summed E-state index contributed by atoms with van der Waals surface area (Å²) in [4.78, 5) is 11.5. The lowest BCUT2D eigenvalue weighted by Gasteiger charge is -2.28. The molecular formula is C16H26N2O2. The van der Waals surface area contributed by atoms with Gasteiger partial charge in [0.05, 0.1) is 11.6 Å². The molecule has 4 heteroatoms. The summed E-state index contributed by atoms with van der Waals surface area (Å²) in [5, 5.41) is 2.97. The molecule has 0 bridgehead atoms. The molecule has 4 nitrogen and oxygen atoms in total. The Kier molecular flexibility index (Phi) is 6.02. The standard InChI is InChI=1S/C16H26N2O2/c1-5-6-13-7-9-14(10-8-13)20-12(2)11-16(3,18-4)15(17)19/h7-10,12,18H,5-6,11H2,1-4H3,(H2,17,19). The van der Waals surface area contributed by atoms with Gasteiger partial charge < -0.3 is 15.8 Å². The van der Waals surface area contributed by atoms with E-state index in [1.807, 2.05) is 19.1 Å². The van der Waals surface area contributed by atoms with E-state index in [1.54, 1.807) is 14.0 Å². The van der Waals surface area contributed by atoms with E-state index in [0.717, 1.165) is 18.6 Å². The summed E-state index contributed by atoms with van der Waals surface area (Å²) in [5.74, 6) is 0.453. The summed E-state index contributed by atoms with van der Waals surface area (Å²) < 4.78 is 5.85. The molecule has 1 rings (SSSR count). The molecule has 0 fully saturated rings. The summed E-state index contributed by atoms with van der Waals surface area (Å²) >= 11 is 0. The van der Waals surface area contributed by atoms with E-state index in [1.165, 1.54) is 5.56 Å². The van der Waals surface area contributed by atoms with Gasteiger partial charge in [0.2, 0.25) is 5.91 Å². The first-order valence-corrected chi connectivity index (χ1v) is 7.15. The lowest BCUT2D eigenvalue weighted by Crippen LogP contribution is -2.53. The predicted octanol–water partition coefficient (Wildman–Crippen LogP) is 2.26. The number of nitrogens with two attached hydrogens (primary N) is 1. The second kappa shape index (κ2) is 7.29. The average molecular weight is 278 g/mol. The highest BCUT2D eigenvalue weighted by molar-refractivity contribution is 5.84. The number of likely N-dealkylation sites (N-methyl/N-ethyl adjacent to an activating group) is 1. The normalized spacial score (nSPS) is 15.4. The highest BCUT2D eigenvalue weighted by Gasteiger charge is 2.31. The van der Waals surface area contributed by atoms with Gasteiger partial charge in [0.25, 0.3) is 0 Å². The van der Waals surface area contributed by atoms with Crippen molar-refractivity contribution in [1.82, 2.24) is 5.32 Å². The topological polar surface area (TPSA) is 64.3 Å². The van der Waals surface area contributed by atoms with Crippen molar-refractivity contribution in [3.63, 3.8) is 0 Å². The van der Waals surface area contributed by atoms with Crippen molar-refractivity contribution in [2.75, 3.05) is 7.05 Å². The van der Waals surface area contributed by atoms with E-state index in [2.05, 4.69) is 24.4 Å². The van der Waals surface area contributed by atoms with Crippen molar-refractivity contribution in [2.45, 2.75) is 51.7 Å². The number of rotatable bonds is 8. The fourth-order valence-corrected chi connectivity index (χ4v) is 2.20. The minimum Gasteiger partial charge on any atom is -0.491 e. The van der Waals surface area contributed by atoms with Crippen LogP contribution in [0.4, 0.5) is 0 Å². The maximum atomic E-state index is 11.5. The summed E-state index contributed by atoms with van der Waals surface area (Å²) in [6, 6.07) is 8.11. The third kappa shape index (κ3) is 4.53. The number of hydrogen-bond donors (Lipinski definition) is 2. The number of ether oxygens (including phenoxy) is 1. The van der Waals surface area contributed by atoms with Crippen molar-refractivity contribution in [2.24, 2.45) is 5.73 Å². The van der Waals surface area contributed by atoms with Crippen LogP contribution in [0.3, 0.4) is 0 Å². The van der Waals surface area contributed by atoms with Crippen LogP contribution in [0.5, 0.6) is 5.75 Å². The molecule has 0 aliphatic carbocycles. The molecule has 0 spiro atoms. The van der Waals surface area contributed by atoms with Gasteiger partial charge in [-0.15, -0.1) is 0 Å². The van der Waals surface area contributed by atoms with Gasteiger partial charge in [0.15, 0.2) is 0 Å².